The number of nitrogens with zero attached hydrogens (tertiary/aromatic N) is 1. The van der Waals surface area contributed by atoms with Crippen LogP contribution in [-0.4, -0.2) is 15.5 Å². The number of methoxy groups -OCH3 is 1. The highest BCUT2D eigenvalue weighted by molar-refractivity contribution is 7.95. The Kier molecular flexibility index (Phi) is 5.14. The number of nitriles is 1. The van der Waals surface area contributed by atoms with Crippen molar-refractivity contribution < 1.29 is 17.5 Å². The molecule has 0 heterocycles. The van der Waals surface area contributed by atoms with Crippen molar-refractivity contribution >= 4 is 15.9 Å². The van der Waals surface area contributed by atoms with Gasteiger partial charge < -0.3 is 4.74 Å². The number of rotatable bonds is 5. The Bertz CT molecular complexity index is 848. The molecule has 0 aliphatic rings. The van der Waals surface area contributed by atoms with Gasteiger partial charge in [0.15, 0.2) is 9.84 Å². The smallest absolute Gasteiger partial charge is 0.192 e. The lowest BCUT2D eigenvalue weighted by atomic mass is 10.2. The monoisotopic (exact) mass is 331 g/mol. The highest BCUT2D eigenvalue weighted by Gasteiger charge is 2.18. The van der Waals surface area contributed by atoms with Crippen molar-refractivity contribution in [2.45, 2.75) is 5.75 Å². The summed E-state index contributed by atoms with van der Waals surface area (Å²) < 4.78 is 42.6. The largest absolute Gasteiger partial charge is 0.497 e. The second-order valence-corrected chi connectivity index (χ2v) is 6.74. The number of ether oxygens (including phenoxy) is 1. The molecule has 0 saturated carbocycles. The Hall–Kier alpha value is -2.65. The molecule has 0 saturated heterocycles. The molecule has 2 rings (SSSR count). The molecule has 0 radical (unpaired) electrons. The van der Waals surface area contributed by atoms with Crippen LogP contribution in [-0.2, 0) is 15.6 Å². The highest BCUT2D eigenvalue weighted by atomic mass is 32.2. The molecule has 0 fully saturated rings. The van der Waals surface area contributed by atoms with Crippen LogP contribution in [0.3, 0.4) is 0 Å². The number of allylic oxidation sites excluding steroid dienone is 1. The van der Waals surface area contributed by atoms with E-state index in [-0.39, 0.29) is 10.7 Å². The minimum Gasteiger partial charge on any atom is -0.497 e. The minimum absolute atomic E-state index is 0.294. The first-order chi connectivity index (χ1) is 10.9. The summed E-state index contributed by atoms with van der Waals surface area (Å²) in [4.78, 5) is -0.361. The molecule has 0 aromatic heterocycles. The van der Waals surface area contributed by atoms with E-state index in [1.807, 2.05) is 0 Å². The number of benzene rings is 2. The molecule has 0 N–H and O–H groups in total. The topological polar surface area (TPSA) is 67.2 Å². The average molecular weight is 331 g/mol. The summed E-state index contributed by atoms with van der Waals surface area (Å²) in [5.74, 6) is -0.104. The number of sulfone groups is 1. The lowest BCUT2D eigenvalue weighted by Crippen LogP contribution is -2.06. The van der Waals surface area contributed by atoms with Crippen LogP contribution in [0.15, 0.2) is 53.4 Å². The maximum Gasteiger partial charge on any atom is 0.192 e. The van der Waals surface area contributed by atoms with Gasteiger partial charge >= 0.3 is 0 Å². The lowest BCUT2D eigenvalue weighted by Gasteiger charge is -2.05. The van der Waals surface area contributed by atoms with E-state index in [2.05, 4.69) is 0 Å². The molecule has 0 atom stereocenters. The van der Waals surface area contributed by atoms with Crippen LogP contribution in [0.1, 0.15) is 11.1 Å². The zero-order valence-corrected chi connectivity index (χ0v) is 13.2. The van der Waals surface area contributed by atoms with Crippen molar-refractivity contribution in [3.05, 3.63) is 70.4 Å². The Morgan fingerprint density at radius 1 is 1.17 bits per heavy atom. The molecule has 2 aromatic rings. The van der Waals surface area contributed by atoms with E-state index in [9.17, 15) is 12.8 Å². The van der Waals surface area contributed by atoms with Gasteiger partial charge in [-0.1, -0.05) is 24.3 Å². The van der Waals surface area contributed by atoms with Crippen molar-refractivity contribution in [2.24, 2.45) is 0 Å². The first-order valence-corrected chi connectivity index (χ1v) is 8.33. The van der Waals surface area contributed by atoms with Gasteiger partial charge in [-0.3, -0.25) is 0 Å². The molecule has 0 unspecified atom stereocenters. The highest BCUT2D eigenvalue weighted by Crippen LogP contribution is 2.19. The van der Waals surface area contributed by atoms with E-state index in [1.165, 1.54) is 37.5 Å². The number of hydrogen-bond acceptors (Lipinski definition) is 4. The first-order valence-electron chi connectivity index (χ1n) is 6.67. The molecule has 0 amide bonds. The number of halogens is 1. The van der Waals surface area contributed by atoms with E-state index >= 15 is 0 Å². The van der Waals surface area contributed by atoms with Crippen molar-refractivity contribution in [2.75, 3.05) is 7.11 Å². The molecule has 118 valence electrons. The normalized spacial score (nSPS) is 11.8. The Morgan fingerprint density at radius 3 is 2.30 bits per heavy atom. The Morgan fingerprint density at radius 2 is 1.78 bits per heavy atom. The molecule has 4 nitrogen and oxygen atoms in total. The third kappa shape index (κ3) is 4.41. The van der Waals surface area contributed by atoms with Gasteiger partial charge in [-0.25, -0.2) is 12.8 Å². The Balaban J connectivity index is 2.28. The molecule has 2 aromatic carbocycles. The van der Waals surface area contributed by atoms with Crippen LogP contribution in [0.5, 0.6) is 5.75 Å². The van der Waals surface area contributed by atoms with Crippen LogP contribution in [0.2, 0.25) is 0 Å². The standard InChI is InChI=1S/C17H14FNO3S/c1-22-16-8-4-14(5-9-16)12-23(20,21)17(11-19)10-13-2-6-15(18)7-3-13/h2-10H,12H2,1H3/b17-10-. The van der Waals surface area contributed by atoms with Crippen LogP contribution >= 0.6 is 0 Å². The van der Waals surface area contributed by atoms with Crippen LogP contribution < -0.4 is 4.74 Å². The predicted molar refractivity (Wildman–Crippen MR) is 85.6 cm³/mol. The summed E-state index contributed by atoms with van der Waals surface area (Å²) in [6, 6.07) is 13.5. The molecular formula is C17H14FNO3S. The van der Waals surface area contributed by atoms with Crippen molar-refractivity contribution in [1.82, 2.24) is 0 Å². The Labute approximate surface area is 134 Å². The van der Waals surface area contributed by atoms with Crippen LogP contribution in [0, 0.1) is 17.1 Å². The maximum atomic E-state index is 12.9. The van der Waals surface area contributed by atoms with Crippen LogP contribution in [0.4, 0.5) is 4.39 Å². The maximum absolute atomic E-state index is 12.9. The van der Waals surface area contributed by atoms with E-state index in [4.69, 9.17) is 10.00 Å². The zero-order chi connectivity index (χ0) is 16.9. The summed E-state index contributed by atoms with van der Waals surface area (Å²) in [5.41, 5.74) is 0.993. The van der Waals surface area contributed by atoms with Gasteiger partial charge in [0.05, 0.1) is 12.9 Å². The molecular weight excluding hydrogens is 317 g/mol. The van der Waals surface area contributed by atoms with Crippen LogP contribution in [0.25, 0.3) is 6.08 Å². The fourth-order valence-corrected chi connectivity index (χ4v) is 3.16. The molecule has 6 heteroatoms. The zero-order valence-electron chi connectivity index (χ0n) is 12.4. The molecule has 0 bridgehead atoms. The van der Waals surface area contributed by atoms with E-state index in [0.29, 0.717) is 16.9 Å². The van der Waals surface area contributed by atoms with Gasteiger partial charge in [-0.15, -0.1) is 0 Å². The first kappa shape index (κ1) is 16.7. The lowest BCUT2D eigenvalue weighted by molar-refractivity contribution is 0.414. The predicted octanol–water partition coefficient (Wildman–Crippen LogP) is 3.31. The van der Waals surface area contributed by atoms with Crippen molar-refractivity contribution in [3.8, 4) is 11.8 Å². The van der Waals surface area contributed by atoms with Gasteiger partial charge in [0.1, 0.15) is 22.5 Å². The SMILES string of the molecule is COc1ccc(CS(=O)(=O)/C(C#N)=C\c2ccc(F)cc2)cc1. The average Bonchev–Trinajstić information content (AvgIpc) is 2.54. The van der Waals surface area contributed by atoms with Crippen molar-refractivity contribution in [3.63, 3.8) is 0 Å². The summed E-state index contributed by atoms with van der Waals surface area (Å²) in [7, 11) is -2.27. The molecule has 0 spiro atoms. The third-order valence-corrected chi connectivity index (χ3v) is 4.72. The fraction of sp³-hybridized carbons (Fsp3) is 0.118. The van der Waals surface area contributed by atoms with Gasteiger partial charge in [0.25, 0.3) is 0 Å². The number of hydrogen-bond donors (Lipinski definition) is 0. The summed E-state index contributed by atoms with van der Waals surface area (Å²) in [5, 5.41) is 9.15. The van der Waals surface area contributed by atoms with Crippen molar-refractivity contribution in [1.29, 1.82) is 5.26 Å². The van der Waals surface area contributed by atoms with E-state index < -0.39 is 15.7 Å². The van der Waals surface area contributed by atoms with Gasteiger partial charge in [0, 0.05) is 0 Å². The van der Waals surface area contributed by atoms with E-state index in [0.717, 1.165) is 0 Å². The quantitative estimate of drug-likeness (QED) is 0.788. The minimum atomic E-state index is -3.79. The third-order valence-electron chi connectivity index (χ3n) is 3.13. The molecule has 0 aliphatic heterocycles. The van der Waals surface area contributed by atoms with E-state index in [1.54, 1.807) is 30.3 Å². The summed E-state index contributed by atoms with van der Waals surface area (Å²) in [6.07, 6.45) is 1.23. The second-order valence-electron chi connectivity index (χ2n) is 4.78. The summed E-state index contributed by atoms with van der Waals surface area (Å²) in [6.45, 7) is 0. The van der Waals surface area contributed by atoms with Gasteiger partial charge in [-0.2, -0.15) is 5.26 Å². The molecule has 23 heavy (non-hydrogen) atoms. The second kappa shape index (κ2) is 7.07. The van der Waals surface area contributed by atoms with Gasteiger partial charge in [0.2, 0.25) is 0 Å². The summed E-state index contributed by atoms with van der Waals surface area (Å²) >= 11 is 0. The van der Waals surface area contributed by atoms with Gasteiger partial charge in [-0.05, 0) is 41.5 Å². The molecule has 0 aliphatic carbocycles. The fourth-order valence-electron chi connectivity index (χ4n) is 1.92.